The van der Waals surface area contributed by atoms with Crippen molar-refractivity contribution >= 4 is 33.9 Å². The first kappa shape index (κ1) is 14.5. The van der Waals surface area contributed by atoms with Crippen LogP contribution in [-0.2, 0) is 0 Å². The number of nitrogens with zero attached hydrogens (tertiary/aromatic N) is 2. The van der Waals surface area contributed by atoms with Crippen molar-refractivity contribution in [1.29, 1.82) is 0 Å². The molecule has 3 aromatic heterocycles. The van der Waals surface area contributed by atoms with Crippen LogP contribution in [0.15, 0.2) is 64.5 Å². The molecule has 0 unspecified atom stereocenters. The molecule has 24 heavy (non-hydrogen) atoms. The fourth-order valence-corrected chi connectivity index (χ4v) is 2.69. The number of anilines is 2. The zero-order chi connectivity index (χ0) is 16.5. The molecule has 0 aliphatic carbocycles. The lowest BCUT2D eigenvalue weighted by atomic mass is 10.1. The molecular weight excluding hydrogens is 328 g/mol. The Hall–Kier alpha value is -3.12. The van der Waals surface area contributed by atoms with Gasteiger partial charge in [-0.05, 0) is 29.7 Å². The Morgan fingerprint density at radius 1 is 1.17 bits per heavy atom. The maximum Gasteiger partial charge on any atom is 0.259 e. The quantitative estimate of drug-likeness (QED) is 0.552. The van der Waals surface area contributed by atoms with Crippen LogP contribution in [0.25, 0.3) is 22.0 Å². The lowest BCUT2D eigenvalue weighted by molar-refractivity contribution is 0.558. The molecule has 0 bridgehead atoms. The predicted molar refractivity (Wildman–Crippen MR) is 92.6 cm³/mol. The van der Waals surface area contributed by atoms with E-state index in [-0.39, 0.29) is 5.56 Å². The number of hydrogen-bond donors (Lipinski definition) is 2. The molecule has 2 N–H and O–H groups in total. The van der Waals surface area contributed by atoms with Crippen molar-refractivity contribution in [2.75, 3.05) is 5.32 Å². The van der Waals surface area contributed by atoms with Crippen molar-refractivity contribution < 1.29 is 4.42 Å². The van der Waals surface area contributed by atoms with Gasteiger partial charge < -0.3 is 14.7 Å². The number of pyridine rings is 2. The number of aromatic amines is 1. The highest BCUT2D eigenvalue weighted by Crippen LogP contribution is 2.26. The standard InChI is InChI=1S/C17H11ClN4O2/c18-14-7-11-5-6-19-17(23)15(11)16(22-14)21-12-3-1-10(2-4-12)13-8-24-9-20-13/h1-9H,(H,19,23)(H,21,22). The largest absolute Gasteiger partial charge is 0.451 e. The smallest absolute Gasteiger partial charge is 0.259 e. The van der Waals surface area contributed by atoms with Crippen LogP contribution in [0.2, 0.25) is 5.15 Å². The zero-order valence-corrected chi connectivity index (χ0v) is 13.0. The minimum atomic E-state index is -0.224. The first-order valence-electron chi connectivity index (χ1n) is 7.14. The average molecular weight is 339 g/mol. The molecule has 0 spiro atoms. The third-order valence-corrected chi connectivity index (χ3v) is 3.79. The SMILES string of the molecule is O=c1[nH]ccc2cc(Cl)nc(Nc3ccc(-c4cocn4)cc3)c12. The highest BCUT2D eigenvalue weighted by Gasteiger charge is 2.09. The van der Waals surface area contributed by atoms with E-state index in [2.05, 4.69) is 20.3 Å². The number of halogens is 1. The molecule has 0 fully saturated rings. The third kappa shape index (κ3) is 2.63. The molecule has 1 aromatic carbocycles. The van der Waals surface area contributed by atoms with Gasteiger partial charge in [-0.15, -0.1) is 0 Å². The summed E-state index contributed by atoms with van der Waals surface area (Å²) in [7, 11) is 0. The summed E-state index contributed by atoms with van der Waals surface area (Å²) in [6, 6.07) is 11.0. The van der Waals surface area contributed by atoms with Crippen molar-refractivity contribution in [1.82, 2.24) is 15.0 Å². The van der Waals surface area contributed by atoms with Crippen molar-refractivity contribution in [3.8, 4) is 11.3 Å². The van der Waals surface area contributed by atoms with Gasteiger partial charge in [0.25, 0.3) is 5.56 Å². The van der Waals surface area contributed by atoms with Crippen molar-refractivity contribution in [3.05, 3.63) is 70.8 Å². The topological polar surface area (TPSA) is 83.8 Å². The van der Waals surface area contributed by atoms with Gasteiger partial charge in [-0.1, -0.05) is 23.7 Å². The Balaban J connectivity index is 1.73. The second-order valence-corrected chi connectivity index (χ2v) is 5.53. The van der Waals surface area contributed by atoms with Crippen LogP contribution in [0.3, 0.4) is 0 Å². The van der Waals surface area contributed by atoms with Gasteiger partial charge in [0, 0.05) is 17.4 Å². The number of hydrogen-bond acceptors (Lipinski definition) is 5. The molecule has 3 heterocycles. The van der Waals surface area contributed by atoms with E-state index in [1.165, 1.54) is 6.39 Å². The van der Waals surface area contributed by atoms with Gasteiger partial charge in [-0.25, -0.2) is 9.97 Å². The lowest BCUT2D eigenvalue weighted by Gasteiger charge is -2.09. The first-order valence-corrected chi connectivity index (χ1v) is 7.52. The number of benzene rings is 1. The van der Waals surface area contributed by atoms with E-state index < -0.39 is 0 Å². The van der Waals surface area contributed by atoms with Crippen molar-refractivity contribution in [3.63, 3.8) is 0 Å². The maximum atomic E-state index is 12.1. The number of fused-ring (bicyclic) bond motifs is 1. The van der Waals surface area contributed by atoms with Gasteiger partial charge >= 0.3 is 0 Å². The second kappa shape index (κ2) is 5.82. The number of nitrogens with one attached hydrogen (secondary N) is 2. The van der Waals surface area contributed by atoms with Crippen LogP contribution in [0, 0.1) is 0 Å². The van der Waals surface area contributed by atoms with Crippen LogP contribution in [0.5, 0.6) is 0 Å². The summed E-state index contributed by atoms with van der Waals surface area (Å²) >= 11 is 6.05. The third-order valence-electron chi connectivity index (χ3n) is 3.60. The molecule has 4 rings (SSSR count). The summed E-state index contributed by atoms with van der Waals surface area (Å²) in [5.41, 5.74) is 2.24. The van der Waals surface area contributed by atoms with Crippen LogP contribution < -0.4 is 10.9 Å². The lowest BCUT2D eigenvalue weighted by Crippen LogP contribution is -2.08. The summed E-state index contributed by atoms with van der Waals surface area (Å²) in [6.07, 6.45) is 4.54. The zero-order valence-electron chi connectivity index (χ0n) is 12.3. The molecule has 0 aliphatic rings. The second-order valence-electron chi connectivity index (χ2n) is 5.14. The van der Waals surface area contributed by atoms with Crippen LogP contribution >= 0.6 is 11.6 Å². The summed E-state index contributed by atoms with van der Waals surface area (Å²) in [5, 5.41) is 4.64. The molecular formula is C17H11ClN4O2. The summed E-state index contributed by atoms with van der Waals surface area (Å²) in [4.78, 5) is 23.1. The first-order chi connectivity index (χ1) is 11.7. The van der Waals surface area contributed by atoms with E-state index in [0.717, 1.165) is 22.3 Å². The van der Waals surface area contributed by atoms with Crippen LogP contribution in [-0.4, -0.2) is 15.0 Å². The number of rotatable bonds is 3. The van der Waals surface area contributed by atoms with Gasteiger partial charge in [0.1, 0.15) is 22.9 Å². The fourth-order valence-electron chi connectivity index (χ4n) is 2.49. The number of aromatic nitrogens is 3. The molecule has 0 amide bonds. The van der Waals surface area contributed by atoms with E-state index in [4.69, 9.17) is 16.0 Å². The minimum absolute atomic E-state index is 0.224. The van der Waals surface area contributed by atoms with Gasteiger partial charge in [0.05, 0.1) is 5.39 Å². The molecule has 7 heteroatoms. The van der Waals surface area contributed by atoms with Crippen molar-refractivity contribution in [2.24, 2.45) is 0 Å². The van der Waals surface area contributed by atoms with E-state index in [9.17, 15) is 4.79 Å². The number of oxazole rings is 1. The van der Waals surface area contributed by atoms with Gasteiger partial charge in [0.2, 0.25) is 0 Å². The van der Waals surface area contributed by atoms with E-state index in [1.807, 2.05) is 24.3 Å². The highest BCUT2D eigenvalue weighted by atomic mass is 35.5. The molecule has 0 saturated heterocycles. The van der Waals surface area contributed by atoms with E-state index in [0.29, 0.717) is 16.4 Å². The summed E-state index contributed by atoms with van der Waals surface area (Å²) < 4.78 is 4.98. The minimum Gasteiger partial charge on any atom is -0.451 e. The Bertz CT molecular complexity index is 1060. The molecule has 0 atom stereocenters. The normalized spacial score (nSPS) is 10.9. The van der Waals surface area contributed by atoms with Gasteiger partial charge in [-0.3, -0.25) is 4.79 Å². The monoisotopic (exact) mass is 338 g/mol. The summed E-state index contributed by atoms with van der Waals surface area (Å²) in [6.45, 7) is 0. The Morgan fingerprint density at radius 3 is 2.75 bits per heavy atom. The van der Waals surface area contributed by atoms with Crippen LogP contribution in [0.4, 0.5) is 11.5 Å². The number of H-pyrrole nitrogens is 1. The Morgan fingerprint density at radius 2 is 2.00 bits per heavy atom. The van der Waals surface area contributed by atoms with Crippen molar-refractivity contribution in [2.45, 2.75) is 0 Å². The average Bonchev–Trinajstić information content (AvgIpc) is 3.09. The predicted octanol–water partition coefficient (Wildman–Crippen LogP) is 3.98. The Labute approximate surface area is 141 Å². The Kier molecular flexibility index (Phi) is 3.51. The highest BCUT2D eigenvalue weighted by molar-refractivity contribution is 6.30. The van der Waals surface area contributed by atoms with E-state index >= 15 is 0 Å². The molecule has 4 aromatic rings. The van der Waals surface area contributed by atoms with Crippen LogP contribution in [0.1, 0.15) is 0 Å². The van der Waals surface area contributed by atoms with Gasteiger partial charge in [-0.2, -0.15) is 0 Å². The molecule has 0 radical (unpaired) electrons. The molecule has 118 valence electrons. The molecule has 6 nitrogen and oxygen atoms in total. The van der Waals surface area contributed by atoms with E-state index in [1.54, 1.807) is 24.6 Å². The summed E-state index contributed by atoms with van der Waals surface area (Å²) in [5.74, 6) is 0.411. The fraction of sp³-hybridized carbons (Fsp3) is 0. The maximum absolute atomic E-state index is 12.1. The van der Waals surface area contributed by atoms with Gasteiger partial charge in [0.15, 0.2) is 6.39 Å². The molecule has 0 aliphatic heterocycles. The molecule has 0 saturated carbocycles.